The highest BCUT2D eigenvalue weighted by Gasteiger charge is 2.48. The molecule has 3 aliphatic rings. The van der Waals surface area contributed by atoms with Crippen molar-refractivity contribution in [2.75, 3.05) is 14.1 Å². The summed E-state index contributed by atoms with van der Waals surface area (Å²) in [5.74, 6) is 2.22. The first-order valence-corrected chi connectivity index (χ1v) is 8.58. The second kappa shape index (κ2) is 4.81. The fourth-order valence-electron chi connectivity index (χ4n) is 4.90. The standard InChI is InChI=1S/C20H26N2/c1-4-13-9-10-14-11-17-15-7-5-6-8-18(15)20(21,22(2)3)19(17)12-16(13)14/h5-8,11-14,16H,4,9-10,21H2,1-3H3. The zero-order valence-electron chi connectivity index (χ0n) is 13.8. The molecule has 22 heavy (non-hydrogen) atoms. The summed E-state index contributed by atoms with van der Waals surface area (Å²) < 4.78 is 0. The summed E-state index contributed by atoms with van der Waals surface area (Å²) >= 11 is 0. The van der Waals surface area contributed by atoms with Crippen molar-refractivity contribution in [2.24, 2.45) is 23.5 Å². The second-order valence-electron chi connectivity index (χ2n) is 7.35. The molecular formula is C20H26N2. The smallest absolute Gasteiger partial charge is 0.122 e. The Hall–Kier alpha value is -1.38. The number of likely N-dealkylation sites (N-methyl/N-ethyl adjacent to an activating group) is 1. The first-order chi connectivity index (χ1) is 10.6. The molecule has 4 atom stereocenters. The molecular weight excluding hydrogens is 268 g/mol. The molecule has 1 aromatic carbocycles. The van der Waals surface area contributed by atoms with E-state index in [0.717, 1.165) is 5.92 Å². The molecule has 1 fully saturated rings. The molecule has 1 saturated carbocycles. The van der Waals surface area contributed by atoms with Crippen LogP contribution in [0.3, 0.4) is 0 Å². The van der Waals surface area contributed by atoms with Gasteiger partial charge in [0.05, 0.1) is 0 Å². The van der Waals surface area contributed by atoms with Gasteiger partial charge >= 0.3 is 0 Å². The number of rotatable bonds is 2. The van der Waals surface area contributed by atoms with E-state index in [2.05, 4.69) is 62.3 Å². The first-order valence-electron chi connectivity index (χ1n) is 8.58. The molecule has 0 aliphatic heterocycles. The Morgan fingerprint density at radius 3 is 2.68 bits per heavy atom. The molecule has 3 aliphatic carbocycles. The summed E-state index contributed by atoms with van der Waals surface area (Å²) in [6.07, 6.45) is 9.03. The number of allylic oxidation sites excluding steroid dienone is 2. The molecule has 2 heteroatoms. The Bertz CT molecular complexity index is 670. The van der Waals surface area contributed by atoms with Gasteiger partial charge in [-0.3, -0.25) is 4.90 Å². The van der Waals surface area contributed by atoms with Gasteiger partial charge in [0, 0.05) is 0 Å². The quantitative estimate of drug-likeness (QED) is 0.842. The number of hydrogen-bond donors (Lipinski definition) is 1. The van der Waals surface area contributed by atoms with Crippen LogP contribution in [0, 0.1) is 17.8 Å². The summed E-state index contributed by atoms with van der Waals surface area (Å²) in [5, 5.41) is 0. The van der Waals surface area contributed by atoms with Gasteiger partial charge in [-0.2, -0.15) is 0 Å². The SMILES string of the molecule is CCC1CCC2C=C3C(=CC21)C(N)(N(C)C)c1ccccc13. The molecule has 1 aromatic rings. The fourth-order valence-corrected chi connectivity index (χ4v) is 4.90. The largest absolute Gasteiger partial charge is 0.305 e. The Morgan fingerprint density at radius 1 is 1.18 bits per heavy atom. The number of hydrogen-bond acceptors (Lipinski definition) is 2. The number of benzene rings is 1. The maximum absolute atomic E-state index is 6.95. The van der Waals surface area contributed by atoms with Crippen LogP contribution in [0.5, 0.6) is 0 Å². The van der Waals surface area contributed by atoms with Gasteiger partial charge in [-0.15, -0.1) is 0 Å². The van der Waals surface area contributed by atoms with Gasteiger partial charge in [0.1, 0.15) is 5.66 Å². The number of nitrogens with zero attached hydrogens (tertiary/aromatic N) is 1. The summed E-state index contributed by atoms with van der Waals surface area (Å²) in [6.45, 7) is 2.33. The Morgan fingerprint density at radius 2 is 1.95 bits per heavy atom. The van der Waals surface area contributed by atoms with Crippen LogP contribution in [0.4, 0.5) is 0 Å². The monoisotopic (exact) mass is 294 g/mol. The minimum absolute atomic E-state index is 0.478. The molecule has 0 amide bonds. The molecule has 0 aromatic heterocycles. The second-order valence-corrected chi connectivity index (χ2v) is 7.35. The number of fused-ring (bicyclic) bond motifs is 4. The van der Waals surface area contributed by atoms with E-state index in [-0.39, 0.29) is 0 Å². The van der Waals surface area contributed by atoms with Crippen molar-refractivity contribution in [3.8, 4) is 0 Å². The van der Waals surface area contributed by atoms with Crippen LogP contribution in [0.15, 0.2) is 42.0 Å². The summed E-state index contributed by atoms with van der Waals surface area (Å²) in [7, 11) is 4.19. The third-order valence-corrected chi connectivity index (χ3v) is 6.21. The van der Waals surface area contributed by atoms with E-state index < -0.39 is 5.66 Å². The lowest BCUT2D eigenvalue weighted by Gasteiger charge is -2.37. The molecule has 116 valence electrons. The van der Waals surface area contributed by atoms with Crippen LogP contribution >= 0.6 is 0 Å². The molecule has 0 radical (unpaired) electrons. The Balaban J connectivity index is 1.91. The van der Waals surface area contributed by atoms with Gasteiger partial charge in [-0.25, -0.2) is 0 Å². The van der Waals surface area contributed by atoms with Gasteiger partial charge in [0.25, 0.3) is 0 Å². The van der Waals surface area contributed by atoms with E-state index in [1.54, 1.807) is 0 Å². The Labute approximate surface area is 133 Å². The van der Waals surface area contributed by atoms with Crippen LogP contribution in [0.2, 0.25) is 0 Å². The molecule has 4 rings (SSSR count). The van der Waals surface area contributed by atoms with Crippen LogP contribution < -0.4 is 5.73 Å². The van der Waals surface area contributed by atoms with Crippen LogP contribution in [-0.4, -0.2) is 19.0 Å². The van der Waals surface area contributed by atoms with Crippen molar-refractivity contribution in [1.82, 2.24) is 4.90 Å². The molecule has 0 heterocycles. The summed E-state index contributed by atoms with van der Waals surface area (Å²) in [4.78, 5) is 2.18. The predicted octanol–water partition coefficient (Wildman–Crippen LogP) is 3.75. The van der Waals surface area contributed by atoms with Gasteiger partial charge in [-0.1, -0.05) is 49.8 Å². The van der Waals surface area contributed by atoms with Crippen molar-refractivity contribution < 1.29 is 0 Å². The minimum Gasteiger partial charge on any atom is -0.305 e. The molecule has 2 nitrogen and oxygen atoms in total. The van der Waals surface area contributed by atoms with Gasteiger partial charge in [0.15, 0.2) is 0 Å². The van der Waals surface area contributed by atoms with Crippen molar-refractivity contribution in [3.63, 3.8) is 0 Å². The molecule has 4 unspecified atom stereocenters. The maximum atomic E-state index is 6.95. The molecule has 0 saturated heterocycles. The van der Waals surface area contributed by atoms with E-state index in [0.29, 0.717) is 11.8 Å². The van der Waals surface area contributed by atoms with Crippen LogP contribution in [0.25, 0.3) is 5.57 Å². The lowest BCUT2D eigenvalue weighted by molar-refractivity contribution is 0.210. The zero-order chi connectivity index (χ0) is 15.5. The molecule has 0 bridgehead atoms. The van der Waals surface area contributed by atoms with E-state index in [9.17, 15) is 0 Å². The van der Waals surface area contributed by atoms with Crippen molar-refractivity contribution in [2.45, 2.75) is 31.8 Å². The van der Waals surface area contributed by atoms with E-state index in [1.807, 2.05) is 0 Å². The summed E-state index contributed by atoms with van der Waals surface area (Å²) in [5.41, 5.74) is 11.8. The maximum Gasteiger partial charge on any atom is 0.122 e. The van der Waals surface area contributed by atoms with Crippen LogP contribution in [-0.2, 0) is 5.66 Å². The topological polar surface area (TPSA) is 29.3 Å². The van der Waals surface area contributed by atoms with Crippen LogP contribution in [0.1, 0.15) is 37.3 Å². The summed E-state index contributed by atoms with van der Waals surface area (Å²) in [6, 6.07) is 8.68. The third-order valence-electron chi connectivity index (χ3n) is 6.21. The lowest BCUT2D eigenvalue weighted by atomic mass is 9.78. The average Bonchev–Trinajstić information content (AvgIpc) is 3.04. The van der Waals surface area contributed by atoms with Gasteiger partial charge < -0.3 is 5.73 Å². The third kappa shape index (κ3) is 1.68. The average molecular weight is 294 g/mol. The zero-order valence-corrected chi connectivity index (χ0v) is 13.8. The minimum atomic E-state index is -0.478. The highest BCUT2D eigenvalue weighted by atomic mass is 15.2. The fraction of sp³-hybridized carbons (Fsp3) is 0.500. The van der Waals surface area contributed by atoms with Crippen molar-refractivity contribution in [1.29, 1.82) is 0 Å². The van der Waals surface area contributed by atoms with Gasteiger partial charge in [-0.05, 0) is 67.0 Å². The predicted molar refractivity (Wildman–Crippen MR) is 92.0 cm³/mol. The van der Waals surface area contributed by atoms with E-state index >= 15 is 0 Å². The van der Waals surface area contributed by atoms with Gasteiger partial charge in [0.2, 0.25) is 0 Å². The number of nitrogens with two attached hydrogens (primary N) is 1. The highest BCUT2D eigenvalue weighted by molar-refractivity contribution is 5.90. The Kier molecular flexibility index (Phi) is 3.11. The normalized spacial score (nSPS) is 35.8. The van der Waals surface area contributed by atoms with E-state index in [4.69, 9.17) is 5.73 Å². The lowest BCUT2D eigenvalue weighted by Crippen LogP contribution is -2.49. The highest BCUT2D eigenvalue weighted by Crippen LogP contribution is 2.55. The van der Waals surface area contributed by atoms with E-state index in [1.165, 1.54) is 41.5 Å². The molecule has 2 N–H and O–H groups in total. The first kappa shape index (κ1) is 14.2. The molecule has 0 spiro atoms. The van der Waals surface area contributed by atoms with Crippen molar-refractivity contribution in [3.05, 3.63) is 53.1 Å². The van der Waals surface area contributed by atoms with Crippen molar-refractivity contribution >= 4 is 5.57 Å².